The van der Waals surface area contributed by atoms with Gasteiger partial charge in [0.25, 0.3) is 5.91 Å². The smallest absolute Gasteiger partial charge is 0.255 e. The number of halogens is 1. The molecule has 2 aromatic carbocycles. The van der Waals surface area contributed by atoms with Gasteiger partial charge in [-0.2, -0.15) is 5.26 Å². The van der Waals surface area contributed by atoms with Crippen LogP contribution in [0.15, 0.2) is 30.3 Å². The Bertz CT molecular complexity index is 846. The maximum Gasteiger partial charge on any atom is 0.255 e. The summed E-state index contributed by atoms with van der Waals surface area (Å²) in [5.41, 5.74) is 0.446. The molecule has 0 bridgehead atoms. The average Bonchev–Trinajstić information content (AvgIpc) is 2.91. The van der Waals surface area contributed by atoms with Crippen LogP contribution in [0.1, 0.15) is 18.9 Å². The van der Waals surface area contributed by atoms with Crippen molar-refractivity contribution in [2.75, 3.05) is 13.7 Å². The monoisotopic (exact) mass is 342 g/mol. The second-order valence-electron chi connectivity index (χ2n) is 6.04. The standard InChI is InChI=1S/C19H19FN2O3/c1-3-13-15(22-19(23)18(13)20)10-25-16-6-4-5-11-7-12(9-21)17(24-2)8-14(11)16/h4-8,13,15,18H,3,10H2,1-2H3,(H,22,23)/t13-,15+,18-/m0/s1. The molecular weight excluding hydrogens is 323 g/mol. The Morgan fingerprint density at radius 2 is 2.12 bits per heavy atom. The first-order chi connectivity index (χ1) is 12.1. The highest BCUT2D eigenvalue weighted by molar-refractivity contribution is 5.91. The SMILES string of the molecule is CC[C@@H]1[C@H](F)C(=O)N[C@@H]1COc1cccc2cc(C#N)c(OC)cc12. The number of rotatable bonds is 5. The highest BCUT2D eigenvalue weighted by Gasteiger charge is 2.41. The fourth-order valence-corrected chi connectivity index (χ4v) is 3.26. The second-order valence-corrected chi connectivity index (χ2v) is 6.04. The predicted octanol–water partition coefficient (Wildman–Crippen LogP) is 2.96. The van der Waals surface area contributed by atoms with Gasteiger partial charge in [0.15, 0.2) is 6.17 Å². The fourth-order valence-electron chi connectivity index (χ4n) is 3.26. The van der Waals surface area contributed by atoms with E-state index >= 15 is 0 Å². The van der Waals surface area contributed by atoms with Gasteiger partial charge in [-0.25, -0.2) is 4.39 Å². The molecule has 2 aromatic rings. The van der Waals surface area contributed by atoms with E-state index in [-0.39, 0.29) is 18.6 Å². The average molecular weight is 342 g/mol. The molecule has 1 fully saturated rings. The van der Waals surface area contributed by atoms with E-state index < -0.39 is 12.1 Å². The lowest BCUT2D eigenvalue weighted by Gasteiger charge is -2.19. The van der Waals surface area contributed by atoms with Crippen molar-refractivity contribution in [2.24, 2.45) is 5.92 Å². The van der Waals surface area contributed by atoms with Crippen LogP contribution in [-0.4, -0.2) is 31.8 Å². The van der Waals surface area contributed by atoms with Gasteiger partial charge in [0.2, 0.25) is 0 Å². The van der Waals surface area contributed by atoms with Crippen molar-refractivity contribution in [3.05, 3.63) is 35.9 Å². The predicted molar refractivity (Wildman–Crippen MR) is 91.3 cm³/mol. The zero-order valence-corrected chi connectivity index (χ0v) is 14.1. The Morgan fingerprint density at radius 3 is 2.80 bits per heavy atom. The molecule has 1 heterocycles. The number of hydrogen-bond acceptors (Lipinski definition) is 4. The number of alkyl halides is 1. The summed E-state index contributed by atoms with van der Waals surface area (Å²) in [6.45, 7) is 2.04. The Labute approximate surface area is 145 Å². The number of amides is 1. The van der Waals surface area contributed by atoms with Crippen LogP contribution in [0.3, 0.4) is 0 Å². The Hall–Kier alpha value is -2.81. The number of nitrogens with zero attached hydrogens (tertiary/aromatic N) is 1. The van der Waals surface area contributed by atoms with Gasteiger partial charge in [-0.05, 0) is 30.0 Å². The van der Waals surface area contributed by atoms with Gasteiger partial charge in [0.05, 0.1) is 18.7 Å². The number of ether oxygens (including phenoxy) is 2. The van der Waals surface area contributed by atoms with Crippen molar-refractivity contribution in [1.29, 1.82) is 5.26 Å². The first-order valence-electron chi connectivity index (χ1n) is 8.17. The molecule has 25 heavy (non-hydrogen) atoms. The van der Waals surface area contributed by atoms with E-state index in [1.54, 1.807) is 18.2 Å². The van der Waals surface area contributed by atoms with E-state index in [4.69, 9.17) is 9.47 Å². The first kappa shape index (κ1) is 17.0. The summed E-state index contributed by atoms with van der Waals surface area (Å²) in [5.74, 6) is 0.114. The molecule has 5 nitrogen and oxygen atoms in total. The summed E-state index contributed by atoms with van der Waals surface area (Å²) in [6.07, 6.45) is -0.924. The van der Waals surface area contributed by atoms with E-state index in [9.17, 15) is 14.4 Å². The molecule has 1 amide bonds. The van der Waals surface area contributed by atoms with Crippen LogP contribution in [0.5, 0.6) is 11.5 Å². The highest BCUT2D eigenvalue weighted by atomic mass is 19.1. The van der Waals surface area contributed by atoms with Crippen LogP contribution in [0.2, 0.25) is 0 Å². The lowest BCUT2D eigenvalue weighted by molar-refractivity contribution is -0.123. The number of methoxy groups -OCH3 is 1. The largest absolute Gasteiger partial charge is 0.495 e. The third-order valence-corrected chi connectivity index (χ3v) is 4.64. The lowest BCUT2D eigenvalue weighted by atomic mass is 9.97. The molecular formula is C19H19FN2O3. The Morgan fingerprint density at radius 1 is 1.32 bits per heavy atom. The van der Waals surface area contributed by atoms with Crippen molar-refractivity contribution in [3.63, 3.8) is 0 Å². The number of benzene rings is 2. The number of carbonyl (C=O) groups excluding carboxylic acids is 1. The molecule has 3 atom stereocenters. The summed E-state index contributed by atoms with van der Waals surface area (Å²) in [7, 11) is 1.51. The van der Waals surface area contributed by atoms with Gasteiger partial charge in [-0.1, -0.05) is 19.1 Å². The van der Waals surface area contributed by atoms with Gasteiger partial charge >= 0.3 is 0 Å². The van der Waals surface area contributed by atoms with Crippen LogP contribution < -0.4 is 14.8 Å². The lowest BCUT2D eigenvalue weighted by Crippen LogP contribution is -2.34. The number of fused-ring (bicyclic) bond motifs is 1. The fraction of sp³-hybridized carbons (Fsp3) is 0.368. The maximum atomic E-state index is 13.9. The zero-order chi connectivity index (χ0) is 18.0. The minimum atomic E-state index is -1.48. The van der Waals surface area contributed by atoms with Crippen LogP contribution in [0.25, 0.3) is 10.8 Å². The van der Waals surface area contributed by atoms with Crippen molar-refractivity contribution in [2.45, 2.75) is 25.6 Å². The van der Waals surface area contributed by atoms with Gasteiger partial charge in [-0.3, -0.25) is 4.79 Å². The Kier molecular flexibility index (Phi) is 4.75. The van der Waals surface area contributed by atoms with Crippen molar-refractivity contribution in [3.8, 4) is 17.6 Å². The first-order valence-corrected chi connectivity index (χ1v) is 8.17. The van der Waals surface area contributed by atoms with Crippen LogP contribution >= 0.6 is 0 Å². The molecule has 0 saturated carbocycles. The molecule has 3 rings (SSSR count). The van der Waals surface area contributed by atoms with Crippen molar-refractivity contribution < 1.29 is 18.7 Å². The maximum absolute atomic E-state index is 13.9. The van der Waals surface area contributed by atoms with Gasteiger partial charge in [-0.15, -0.1) is 0 Å². The third kappa shape index (κ3) is 3.10. The van der Waals surface area contributed by atoms with Crippen LogP contribution in [-0.2, 0) is 4.79 Å². The molecule has 0 aliphatic carbocycles. The van der Waals surface area contributed by atoms with Crippen molar-refractivity contribution >= 4 is 16.7 Å². The van der Waals surface area contributed by atoms with Crippen LogP contribution in [0, 0.1) is 17.2 Å². The highest BCUT2D eigenvalue weighted by Crippen LogP contribution is 2.32. The number of hydrogen-bond donors (Lipinski definition) is 1. The number of carbonyl (C=O) groups is 1. The molecule has 0 unspecified atom stereocenters. The van der Waals surface area contributed by atoms with Crippen LogP contribution in [0.4, 0.5) is 4.39 Å². The summed E-state index contributed by atoms with van der Waals surface area (Å²) >= 11 is 0. The molecule has 6 heteroatoms. The molecule has 0 radical (unpaired) electrons. The topological polar surface area (TPSA) is 71.3 Å². The van der Waals surface area contributed by atoms with E-state index in [0.717, 1.165) is 10.8 Å². The summed E-state index contributed by atoms with van der Waals surface area (Å²) in [4.78, 5) is 11.5. The number of nitrogens with one attached hydrogen (secondary N) is 1. The van der Waals surface area contributed by atoms with E-state index in [0.29, 0.717) is 23.5 Å². The summed E-state index contributed by atoms with van der Waals surface area (Å²) in [5, 5.41) is 13.5. The van der Waals surface area contributed by atoms with E-state index in [1.807, 2.05) is 19.1 Å². The molecule has 1 aliphatic heterocycles. The minimum absolute atomic E-state index is 0.187. The molecule has 130 valence electrons. The molecule has 0 aromatic heterocycles. The van der Waals surface area contributed by atoms with Crippen molar-refractivity contribution in [1.82, 2.24) is 5.32 Å². The molecule has 0 spiro atoms. The van der Waals surface area contributed by atoms with Gasteiger partial charge < -0.3 is 14.8 Å². The third-order valence-electron chi connectivity index (χ3n) is 4.64. The van der Waals surface area contributed by atoms with Gasteiger partial charge in [0.1, 0.15) is 24.2 Å². The normalized spacial score (nSPS) is 22.5. The number of nitriles is 1. The second kappa shape index (κ2) is 6.98. The zero-order valence-electron chi connectivity index (χ0n) is 14.1. The van der Waals surface area contributed by atoms with E-state index in [2.05, 4.69) is 11.4 Å². The molecule has 1 saturated heterocycles. The Balaban J connectivity index is 1.87. The quantitative estimate of drug-likeness (QED) is 0.907. The summed E-state index contributed by atoms with van der Waals surface area (Å²) in [6, 6.07) is 10.8. The van der Waals surface area contributed by atoms with E-state index in [1.165, 1.54) is 7.11 Å². The molecule has 1 N–H and O–H groups in total. The van der Waals surface area contributed by atoms with Gasteiger partial charge in [0, 0.05) is 11.3 Å². The minimum Gasteiger partial charge on any atom is -0.495 e. The molecule has 1 aliphatic rings. The summed E-state index contributed by atoms with van der Waals surface area (Å²) < 4.78 is 25.0.